The van der Waals surface area contributed by atoms with Crippen LogP contribution in [0.2, 0.25) is 5.02 Å². The number of carbonyl (C=O) groups excluding carboxylic acids is 1. The molecule has 2 fully saturated rings. The number of hydrogen-bond acceptors (Lipinski definition) is 4. The molecular weight excluding hydrogens is 428 g/mol. The zero-order valence-corrected chi connectivity index (χ0v) is 19.2. The molecule has 0 spiro atoms. The summed E-state index contributed by atoms with van der Waals surface area (Å²) >= 11 is 7.94. The van der Waals surface area contributed by atoms with Crippen molar-refractivity contribution in [2.24, 2.45) is 5.92 Å². The summed E-state index contributed by atoms with van der Waals surface area (Å²) in [5.74, 6) is 0.889. The number of halogens is 1. The van der Waals surface area contributed by atoms with E-state index in [-0.39, 0.29) is 17.6 Å². The lowest BCUT2D eigenvalue weighted by atomic mass is 9.97. The van der Waals surface area contributed by atoms with Gasteiger partial charge in [-0.25, -0.2) is 12.7 Å². The van der Waals surface area contributed by atoms with Crippen molar-refractivity contribution >= 4 is 39.3 Å². The Bertz CT molecular complexity index is 774. The van der Waals surface area contributed by atoms with Gasteiger partial charge in [-0.15, -0.1) is 0 Å². The van der Waals surface area contributed by atoms with Crippen LogP contribution in [-0.2, 0) is 20.6 Å². The van der Waals surface area contributed by atoms with Gasteiger partial charge in [0.25, 0.3) is 0 Å². The van der Waals surface area contributed by atoms with E-state index in [2.05, 4.69) is 5.32 Å². The topological polar surface area (TPSA) is 66.5 Å². The normalized spacial score (nSPS) is 19.9. The molecule has 5 nitrogen and oxygen atoms in total. The second kappa shape index (κ2) is 11.0. The predicted octanol–water partition coefficient (Wildman–Crippen LogP) is 4.06. The molecule has 0 unspecified atom stereocenters. The minimum absolute atomic E-state index is 0.0528. The standard InChI is InChI=1S/C21H31ClN2O3S2/c22-19-6-4-5-17(15-19)16-29(26,27)24-12-9-18(10-13-24)21(25)23-11-14-28-20-7-2-1-3-8-20/h4-6,15,18,20H,1-3,7-14,16H2,(H,23,25). The van der Waals surface area contributed by atoms with Gasteiger partial charge in [-0.1, -0.05) is 43.0 Å². The molecule has 1 aromatic carbocycles. The maximum absolute atomic E-state index is 12.7. The highest BCUT2D eigenvalue weighted by Crippen LogP contribution is 2.28. The van der Waals surface area contributed by atoms with Crippen molar-refractivity contribution in [2.45, 2.75) is 55.9 Å². The van der Waals surface area contributed by atoms with Crippen molar-refractivity contribution < 1.29 is 13.2 Å². The fourth-order valence-electron chi connectivity index (χ4n) is 4.10. The number of benzene rings is 1. The summed E-state index contributed by atoms with van der Waals surface area (Å²) in [6, 6.07) is 6.95. The van der Waals surface area contributed by atoms with Crippen LogP contribution in [0.1, 0.15) is 50.5 Å². The Morgan fingerprint density at radius 2 is 1.86 bits per heavy atom. The number of nitrogens with zero attached hydrogens (tertiary/aromatic N) is 1. The molecule has 1 heterocycles. The molecule has 1 N–H and O–H groups in total. The van der Waals surface area contributed by atoms with Gasteiger partial charge in [-0.05, 0) is 43.4 Å². The molecule has 1 aromatic rings. The molecule has 162 valence electrons. The van der Waals surface area contributed by atoms with Gasteiger partial charge >= 0.3 is 0 Å². The molecule has 0 radical (unpaired) electrons. The van der Waals surface area contributed by atoms with Crippen LogP contribution < -0.4 is 5.32 Å². The van der Waals surface area contributed by atoms with Gasteiger partial charge in [0, 0.05) is 41.6 Å². The van der Waals surface area contributed by atoms with E-state index in [1.807, 2.05) is 11.8 Å². The monoisotopic (exact) mass is 458 g/mol. The van der Waals surface area contributed by atoms with E-state index in [4.69, 9.17) is 11.6 Å². The third-order valence-electron chi connectivity index (χ3n) is 5.76. The largest absolute Gasteiger partial charge is 0.355 e. The van der Waals surface area contributed by atoms with Crippen LogP contribution in [0.4, 0.5) is 0 Å². The van der Waals surface area contributed by atoms with Gasteiger partial charge in [0.1, 0.15) is 0 Å². The Morgan fingerprint density at radius 3 is 2.55 bits per heavy atom. The molecule has 0 bridgehead atoms. The van der Waals surface area contributed by atoms with E-state index in [9.17, 15) is 13.2 Å². The number of nitrogens with one attached hydrogen (secondary N) is 1. The molecular formula is C21H31ClN2O3S2. The number of hydrogen-bond donors (Lipinski definition) is 1. The molecule has 8 heteroatoms. The van der Waals surface area contributed by atoms with E-state index >= 15 is 0 Å². The van der Waals surface area contributed by atoms with Gasteiger partial charge in [-0.2, -0.15) is 11.8 Å². The SMILES string of the molecule is O=C(NCCSC1CCCCC1)C1CCN(S(=O)(=O)Cc2cccc(Cl)c2)CC1. The molecule has 1 saturated heterocycles. The lowest BCUT2D eigenvalue weighted by Gasteiger charge is -2.30. The van der Waals surface area contributed by atoms with E-state index < -0.39 is 10.0 Å². The first kappa shape index (κ1) is 22.9. The minimum Gasteiger partial charge on any atom is -0.355 e. The summed E-state index contributed by atoms with van der Waals surface area (Å²) in [4.78, 5) is 12.4. The summed E-state index contributed by atoms with van der Waals surface area (Å²) in [5.41, 5.74) is 0.688. The van der Waals surface area contributed by atoms with Gasteiger partial charge < -0.3 is 5.32 Å². The van der Waals surface area contributed by atoms with Crippen molar-refractivity contribution in [3.05, 3.63) is 34.9 Å². The summed E-state index contributed by atoms with van der Waals surface area (Å²) < 4.78 is 26.9. The van der Waals surface area contributed by atoms with E-state index in [0.29, 0.717) is 43.1 Å². The van der Waals surface area contributed by atoms with Crippen LogP contribution in [-0.4, -0.2) is 49.3 Å². The van der Waals surface area contributed by atoms with E-state index in [0.717, 1.165) is 11.0 Å². The molecule has 1 amide bonds. The molecule has 29 heavy (non-hydrogen) atoms. The highest BCUT2D eigenvalue weighted by Gasteiger charge is 2.31. The lowest BCUT2D eigenvalue weighted by molar-refractivity contribution is -0.125. The Kier molecular flexibility index (Phi) is 8.71. The first-order chi connectivity index (χ1) is 13.9. The quantitative estimate of drug-likeness (QED) is 0.596. The van der Waals surface area contributed by atoms with Crippen LogP contribution in [0.15, 0.2) is 24.3 Å². The van der Waals surface area contributed by atoms with Crippen LogP contribution in [0.5, 0.6) is 0 Å². The van der Waals surface area contributed by atoms with Gasteiger partial charge in [0.15, 0.2) is 0 Å². The van der Waals surface area contributed by atoms with Crippen molar-refractivity contribution in [3.63, 3.8) is 0 Å². The van der Waals surface area contributed by atoms with E-state index in [1.54, 1.807) is 24.3 Å². The van der Waals surface area contributed by atoms with Crippen molar-refractivity contribution in [3.8, 4) is 0 Å². The van der Waals surface area contributed by atoms with Crippen LogP contribution in [0.3, 0.4) is 0 Å². The number of carbonyl (C=O) groups is 1. The second-order valence-corrected chi connectivity index (χ2v) is 11.8. The molecule has 1 saturated carbocycles. The molecule has 0 atom stereocenters. The maximum Gasteiger partial charge on any atom is 0.223 e. The smallest absolute Gasteiger partial charge is 0.223 e. The highest BCUT2D eigenvalue weighted by molar-refractivity contribution is 7.99. The molecule has 3 rings (SSSR count). The molecule has 0 aromatic heterocycles. The summed E-state index contributed by atoms with van der Waals surface area (Å²) in [6.45, 7) is 1.50. The predicted molar refractivity (Wildman–Crippen MR) is 121 cm³/mol. The van der Waals surface area contributed by atoms with Crippen molar-refractivity contribution in [2.75, 3.05) is 25.4 Å². The van der Waals surface area contributed by atoms with Crippen LogP contribution in [0.25, 0.3) is 0 Å². The third-order valence-corrected chi connectivity index (χ3v) is 9.23. The first-order valence-electron chi connectivity index (χ1n) is 10.6. The zero-order chi connectivity index (χ0) is 20.7. The Hall–Kier alpha value is -0.760. The third kappa shape index (κ3) is 7.16. The van der Waals surface area contributed by atoms with Crippen LogP contribution in [0, 0.1) is 5.92 Å². The number of piperidine rings is 1. The van der Waals surface area contributed by atoms with Gasteiger partial charge in [0.05, 0.1) is 5.75 Å². The Morgan fingerprint density at radius 1 is 1.14 bits per heavy atom. The first-order valence-corrected chi connectivity index (χ1v) is 13.6. The fraction of sp³-hybridized carbons (Fsp3) is 0.667. The Labute approximate surface area is 184 Å². The molecule has 1 aliphatic heterocycles. The lowest BCUT2D eigenvalue weighted by Crippen LogP contribution is -2.43. The van der Waals surface area contributed by atoms with Crippen LogP contribution >= 0.6 is 23.4 Å². The van der Waals surface area contributed by atoms with Gasteiger partial charge in [0.2, 0.25) is 15.9 Å². The number of sulfonamides is 1. The zero-order valence-electron chi connectivity index (χ0n) is 16.8. The number of thioether (sulfide) groups is 1. The summed E-state index contributed by atoms with van der Waals surface area (Å²) in [5, 5.41) is 4.34. The Balaban J connectivity index is 1.38. The second-order valence-electron chi connectivity index (χ2n) is 7.98. The molecule has 1 aliphatic carbocycles. The highest BCUT2D eigenvalue weighted by atomic mass is 35.5. The minimum atomic E-state index is -3.40. The fourth-order valence-corrected chi connectivity index (χ4v) is 7.08. The van der Waals surface area contributed by atoms with Crippen molar-refractivity contribution in [1.29, 1.82) is 0 Å². The average Bonchev–Trinajstić information content (AvgIpc) is 2.71. The maximum atomic E-state index is 12.7. The summed E-state index contributed by atoms with van der Waals surface area (Å²) in [7, 11) is -3.40. The molecule has 2 aliphatic rings. The van der Waals surface area contributed by atoms with E-state index in [1.165, 1.54) is 36.4 Å². The summed E-state index contributed by atoms with van der Waals surface area (Å²) in [6.07, 6.45) is 7.81. The van der Waals surface area contributed by atoms with Crippen molar-refractivity contribution in [1.82, 2.24) is 9.62 Å². The average molecular weight is 459 g/mol. The number of rotatable bonds is 8. The number of amides is 1. The van der Waals surface area contributed by atoms with Gasteiger partial charge in [-0.3, -0.25) is 4.79 Å².